The minimum atomic E-state index is -0.599. The van der Waals surface area contributed by atoms with Gasteiger partial charge in [-0.3, -0.25) is 4.79 Å². The summed E-state index contributed by atoms with van der Waals surface area (Å²) in [4.78, 5) is 14.7. The number of nitrogens with zero attached hydrogens (tertiary/aromatic N) is 1. The quantitative estimate of drug-likeness (QED) is 0.671. The summed E-state index contributed by atoms with van der Waals surface area (Å²) in [5, 5.41) is 2.19. The molecule has 3 nitrogen and oxygen atoms in total. The number of benzene rings is 3. The summed E-state index contributed by atoms with van der Waals surface area (Å²) in [7, 11) is 1.88. The Balaban J connectivity index is 1.69. The van der Waals surface area contributed by atoms with Crippen LogP contribution in [0.3, 0.4) is 0 Å². The number of carbonyl (C=O) groups is 1. The Kier molecular flexibility index (Phi) is 2.86. The van der Waals surface area contributed by atoms with Crippen LogP contribution in [0.25, 0.3) is 10.8 Å². The van der Waals surface area contributed by atoms with E-state index in [0.717, 1.165) is 22.2 Å². The SMILES string of the molecule is CN1c2ccccc2OC1C(=O)c1ccc2ccccc2c1. The maximum Gasteiger partial charge on any atom is 0.236 e. The predicted molar refractivity (Wildman–Crippen MR) is 87.5 cm³/mol. The topological polar surface area (TPSA) is 29.5 Å². The third kappa shape index (κ3) is 1.94. The van der Waals surface area contributed by atoms with Gasteiger partial charge < -0.3 is 9.64 Å². The normalized spacial score (nSPS) is 16.4. The van der Waals surface area contributed by atoms with Crippen LogP contribution in [0.1, 0.15) is 10.4 Å². The van der Waals surface area contributed by atoms with Gasteiger partial charge >= 0.3 is 0 Å². The summed E-state index contributed by atoms with van der Waals surface area (Å²) in [5.41, 5.74) is 1.62. The van der Waals surface area contributed by atoms with Gasteiger partial charge in [-0.2, -0.15) is 0 Å². The average Bonchev–Trinajstić information content (AvgIpc) is 2.91. The fourth-order valence-corrected chi connectivity index (χ4v) is 2.89. The second-order valence-electron chi connectivity index (χ2n) is 5.48. The lowest BCUT2D eigenvalue weighted by Gasteiger charge is -2.19. The number of ether oxygens (including phenoxy) is 1. The third-order valence-electron chi connectivity index (χ3n) is 4.09. The van der Waals surface area contributed by atoms with Gasteiger partial charge in [0.05, 0.1) is 5.69 Å². The molecule has 0 fully saturated rings. The van der Waals surface area contributed by atoms with E-state index in [-0.39, 0.29) is 5.78 Å². The molecule has 0 saturated carbocycles. The fraction of sp³-hybridized carbons (Fsp3) is 0.105. The summed E-state index contributed by atoms with van der Waals surface area (Å²) in [5.74, 6) is 0.730. The molecule has 1 atom stereocenters. The Morgan fingerprint density at radius 2 is 1.68 bits per heavy atom. The molecule has 4 rings (SSSR count). The van der Waals surface area contributed by atoms with E-state index in [0.29, 0.717) is 5.56 Å². The maximum atomic E-state index is 12.8. The smallest absolute Gasteiger partial charge is 0.236 e. The molecule has 3 heteroatoms. The van der Waals surface area contributed by atoms with Crippen molar-refractivity contribution in [3.8, 4) is 5.75 Å². The molecule has 3 aromatic carbocycles. The Bertz CT molecular complexity index is 872. The highest BCUT2D eigenvalue weighted by Crippen LogP contribution is 2.36. The van der Waals surface area contributed by atoms with Crippen molar-refractivity contribution in [2.75, 3.05) is 11.9 Å². The van der Waals surface area contributed by atoms with E-state index in [4.69, 9.17) is 4.74 Å². The lowest BCUT2D eigenvalue weighted by atomic mass is 10.0. The van der Waals surface area contributed by atoms with Crippen LogP contribution in [-0.4, -0.2) is 19.1 Å². The second kappa shape index (κ2) is 4.88. The average molecular weight is 289 g/mol. The summed E-state index contributed by atoms with van der Waals surface area (Å²) < 4.78 is 5.82. The van der Waals surface area contributed by atoms with Gasteiger partial charge in [-0.05, 0) is 29.0 Å². The molecule has 0 saturated heterocycles. The van der Waals surface area contributed by atoms with Gasteiger partial charge in [-0.15, -0.1) is 0 Å². The molecule has 1 heterocycles. The van der Waals surface area contributed by atoms with E-state index in [1.807, 2.05) is 78.7 Å². The zero-order valence-electron chi connectivity index (χ0n) is 12.2. The van der Waals surface area contributed by atoms with Gasteiger partial charge in [0.1, 0.15) is 5.75 Å². The van der Waals surface area contributed by atoms with Crippen molar-refractivity contribution in [1.82, 2.24) is 0 Å². The van der Waals surface area contributed by atoms with Crippen molar-refractivity contribution in [1.29, 1.82) is 0 Å². The molecule has 22 heavy (non-hydrogen) atoms. The van der Waals surface area contributed by atoms with Crippen LogP contribution < -0.4 is 9.64 Å². The van der Waals surface area contributed by atoms with Crippen LogP contribution in [0.5, 0.6) is 5.75 Å². The van der Waals surface area contributed by atoms with E-state index in [2.05, 4.69) is 0 Å². The minimum Gasteiger partial charge on any atom is -0.461 e. The van der Waals surface area contributed by atoms with Crippen LogP contribution in [0, 0.1) is 0 Å². The number of hydrogen-bond donors (Lipinski definition) is 0. The van der Waals surface area contributed by atoms with Crippen LogP contribution in [-0.2, 0) is 0 Å². The number of hydrogen-bond acceptors (Lipinski definition) is 3. The van der Waals surface area contributed by atoms with Crippen molar-refractivity contribution in [3.63, 3.8) is 0 Å². The largest absolute Gasteiger partial charge is 0.461 e. The Hall–Kier alpha value is -2.81. The van der Waals surface area contributed by atoms with Crippen molar-refractivity contribution >= 4 is 22.2 Å². The van der Waals surface area contributed by atoms with Crippen molar-refractivity contribution in [2.24, 2.45) is 0 Å². The van der Waals surface area contributed by atoms with E-state index in [1.165, 1.54) is 0 Å². The number of para-hydroxylation sites is 2. The van der Waals surface area contributed by atoms with Gasteiger partial charge in [-0.25, -0.2) is 0 Å². The Labute approximate surface area is 128 Å². The molecule has 108 valence electrons. The first-order chi connectivity index (χ1) is 10.7. The molecular weight excluding hydrogens is 274 g/mol. The number of fused-ring (bicyclic) bond motifs is 2. The number of carbonyl (C=O) groups excluding carboxylic acids is 1. The first kappa shape index (κ1) is 12.9. The third-order valence-corrected chi connectivity index (χ3v) is 4.09. The monoisotopic (exact) mass is 289 g/mol. The summed E-state index contributed by atoms with van der Waals surface area (Å²) >= 11 is 0. The van der Waals surface area contributed by atoms with Gasteiger partial charge in [0.25, 0.3) is 0 Å². The molecule has 0 bridgehead atoms. The van der Waals surface area contributed by atoms with E-state index in [9.17, 15) is 4.79 Å². The Morgan fingerprint density at radius 3 is 2.50 bits per heavy atom. The van der Waals surface area contributed by atoms with Gasteiger partial charge in [-0.1, -0.05) is 48.5 Å². The molecule has 3 aromatic rings. The van der Waals surface area contributed by atoms with Gasteiger partial charge in [0.15, 0.2) is 0 Å². The van der Waals surface area contributed by atoms with E-state index >= 15 is 0 Å². The summed E-state index contributed by atoms with van der Waals surface area (Å²) in [6, 6.07) is 21.5. The number of ketones is 1. The zero-order valence-corrected chi connectivity index (χ0v) is 12.2. The minimum absolute atomic E-state index is 0.0237. The fourth-order valence-electron chi connectivity index (χ4n) is 2.89. The first-order valence-electron chi connectivity index (χ1n) is 7.25. The molecule has 0 spiro atoms. The van der Waals surface area contributed by atoms with Crippen LogP contribution >= 0.6 is 0 Å². The van der Waals surface area contributed by atoms with Crippen molar-refractivity contribution in [2.45, 2.75) is 6.23 Å². The van der Waals surface area contributed by atoms with E-state index < -0.39 is 6.23 Å². The molecular formula is C19H15NO2. The number of anilines is 1. The van der Waals surface area contributed by atoms with Crippen molar-refractivity contribution < 1.29 is 9.53 Å². The van der Waals surface area contributed by atoms with Crippen LogP contribution in [0.4, 0.5) is 5.69 Å². The molecule has 0 aromatic heterocycles. The standard InChI is InChI=1S/C19H15NO2/c1-20-16-8-4-5-9-17(16)22-19(20)18(21)15-11-10-13-6-2-3-7-14(13)12-15/h2-12,19H,1H3. The second-order valence-corrected chi connectivity index (χ2v) is 5.48. The highest BCUT2D eigenvalue weighted by atomic mass is 16.5. The number of likely N-dealkylation sites (N-methyl/N-ethyl adjacent to an activating group) is 1. The number of rotatable bonds is 2. The molecule has 0 aliphatic carbocycles. The predicted octanol–water partition coefficient (Wildman–Crippen LogP) is 3.88. The first-order valence-corrected chi connectivity index (χ1v) is 7.25. The summed E-state index contributed by atoms with van der Waals surface area (Å²) in [6.07, 6.45) is -0.599. The Morgan fingerprint density at radius 1 is 0.955 bits per heavy atom. The highest BCUT2D eigenvalue weighted by molar-refractivity contribution is 6.04. The molecule has 1 aliphatic rings. The molecule has 1 aliphatic heterocycles. The van der Waals surface area contributed by atoms with Gasteiger partial charge in [0.2, 0.25) is 12.0 Å². The summed E-state index contributed by atoms with van der Waals surface area (Å²) in [6.45, 7) is 0. The van der Waals surface area contributed by atoms with Crippen molar-refractivity contribution in [3.05, 3.63) is 72.3 Å². The lowest BCUT2D eigenvalue weighted by molar-refractivity contribution is 0.0823. The zero-order chi connectivity index (χ0) is 15.1. The highest BCUT2D eigenvalue weighted by Gasteiger charge is 2.34. The maximum absolute atomic E-state index is 12.8. The van der Waals surface area contributed by atoms with E-state index in [1.54, 1.807) is 0 Å². The van der Waals surface area contributed by atoms with Crippen LogP contribution in [0.2, 0.25) is 0 Å². The van der Waals surface area contributed by atoms with Crippen LogP contribution in [0.15, 0.2) is 66.7 Å². The molecule has 0 radical (unpaired) electrons. The molecule has 0 amide bonds. The molecule has 1 unspecified atom stereocenters. The molecule has 0 N–H and O–H groups in total. The lowest BCUT2D eigenvalue weighted by Crippen LogP contribution is -2.38. The number of Topliss-reactive ketones (excluding diaryl/α,β-unsaturated/α-hetero) is 1. The van der Waals surface area contributed by atoms with Gasteiger partial charge in [0, 0.05) is 12.6 Å².